The second kappa shape index (κ2) is 7.45. The summed E-state index contributed by atoms with van der Waals surface area (Å²) in [5.74, 6) is 0.0355. The summed E-state index contributed by atoms with van der Waals surface area (Å²) >= 11 is 0. The molecule has 27 heavy (non-hydrogen) atoms. The number of nitrogens with one attached hydrogen (secondary N) is 1. The highest BCUT2D eigenvalue weighted by Crippen LogP contribution is 2.31. The average molecular weight is 362 g/mol. The third kappa shape index (κ3) is 3.43. The number of amides is 1. The summed E-state index contributed by atoms with van der Waals surface area (Å²) in [6.45, 7) is 4.64. The fourth-order valence-electron chi connectivity index (χ4n) is 3.79. The van der Waals surface area contributed by atoms with Crippen LogP contribution in [0, 0.1) is 0 Å². The van der Waals surface area contributed by atoms with Crippen molar-refractivity contribution in [3.05, 3.63) is 65.9 Å². The number of piperazine rings is 1. The Labute approximate surface area is 160 Å². The van der Waals surface area contributed by atoms with Gasteiger partial charge in [-0.1, -0.05) is 36.4 Å². The molecule has 4 rings (SSSR count). The van der Waals surface area contributed by atoms with E-state index in [0.717, 1.165) is 42.8 Å². The Kier molecular flexibility index (Phi) is 4.86. The lowest BCUT2D eigenvalue weighted by molar-refractivity contribution is 0.0818. The molecule has 0 spiro atoms. The van der Waals surface area contributed by atoms with E-state index >= 15 is 0 Å². The van der Waals surface area contributed by atoms with Crippen LogP contribution in [0.4, 0.5) is 5.69 Å². The predicted octanol–water partition coefficient (Wildman–Crippen LogP) is 2.80. The minimum Gasteiger partial charge on any atom is -0.368 e. The molecule has 1 amide bonds. The number of aromatic nitrogens is 1. The van der Waals surface area contributed by atoms with Gasteiger partial charge in [-0.05, 0) is 23.8 Å². The molecule has 0 atom stereocenters. The fourth-order valence-corrected chi connectivity index (χ4v) is 3.79. The maximum absolute atomic E-state index is 12.9. The number of benzene rings is 2. The van der Waals surface area contributed by atoms with Crippen molar-refractivity contribution in [2.75, 3.05) is 45.2 Å². The molecule has 5 nitrogen and oxygen atoms in total. The summed E-state index contributed by atoms with van der Waals surface area (Å²) < 4.78 is 2.15. The Hall–Kier alpha value is -2.79. The van der Waals surface area contributed by atoms with E-state index < -0.39 is 0 Å². The van der Waals surface area contributed by atoms with Gasteiger partial charge in [0.2, 0.25) is 0 Å². The van der Waals surface area contributed by atoms with Gasteiger partial charge in [-0.15, -0.1) is 0 Å². The molecule has 140 valence electrons. The first-order valence-electron chi connectivity index (χ1n) is 9.48. The number of nitrogens with zero attached hydrogens (tertiary/aromatic N) is 3. The molecule has 2 aromatic carbocycles. The predicted molar refractivity (Wildman–Crippen MR) is 111 cm³/mol. The maximum atomic E-state index is 12.9. The first-order chi connectivity index (χ1) is 13.1. The minimum atomic E-state index is 0.0355. The summed E-state index contributed by atoms with van der Waals surface area (Å²) in [5, 5.41) is 4.56. The highest BCUT2D eigenvalue weighted by molar-refractivity contribution is 6.02. The lowest BCUT2D eigenvalue weighted by atomic mass is 10.1. The van der Waals surface area contributed by atoms with Crippen LogP contribution in [0.25, 0.3) is 10.9 Å². The maximum Gasteiger partial charge on any atom is 0.270 e. The van der Waals surface area contributed by atoms with Crippen LogP contribution in [-0.2, 0) is 6.54 Å². The molecule has 1 fully saturated rings. The summed E-state index contributed by atoms with van der Waals surface area (Å²) in [6.07, 6.45) is 0. The van der Waals surface area contributed by atoms with E-state index in [9.17, 15) is 4.79 Å². The number of fused-ring (bicyclic) bond motifs is 1. The SMILES string of the molecule is CN(C)C(=O)c1cc2c(N3CCNCC3)cccc2n1Cc1ccccc1. The molecule has 0 bridgehead atoms. The second-order valence-corrected chi connectivity index (χ2v) is 7.25. The molecule has 2 heterocycles. The van der Waals surface area contributed by atoms with Crippen LogP contribution in [-0.4, -0.2) is 55.6 Å². The minimum absolute atomic E-state index is 0.0355. The van der Waals surface area contributed by atoms with Crippen molar-refractivity contribution in [3.63, 3.8) is 0 Å². The topological polar surface area (TPSA) is 40.5 Å². The lowest BCUT2D eigenvalue weighted by Crippen LogP contribution is -2.43. The Morgan fingerprint density at radius 1 is 1.04 bits per heavy atom. The Morgan fingerprint density at radius 3 is 2.48 bits per heavy atom. The van der Waals surface area contributed by atoms with Crippen LogP contribution < -0.4 is 10.2 Å². The van der Waals surface area contributed by atoms with E-state index in [0.29, 0.717) is 6.54 Å². The van der Waals surface area contributed by atoms with Gasteiger partial charge in [0.25, 0.3) is 5.91 Å². The molecule has 0 radical (unpaired) electrons. The highest BCUT2D eigenvalue weighted by atomic mass is 16.2. The van der Waals surface area contributed by atoms with Crippen molar-refractivity contribution in [2.24, 2.45) is 0 Å². The molecule has 0 aliphatic carbocycles. The largest absolute Gasteiger partial charge is 0.368 e. The van der Waals surface area contributed by atoms with Gasteiger partial charge in [0.05, 0.1) is 5.52 Å². The van der Waals surface area contributed by atoms with E-state index in [2.05, 4.69) is 51.2 Å². The van der Waals surface area contributed by atoms with Crippen molar-refractivity contribution in [1.29, 1.82) is 0 Å². The van der Waals surface area contributed by atoms with E-state index in [1.807, 2.05) is 32.3 Å². The molecule has 0 unspecified atom stereocenters. The highest BCUT2D eigenvalue weighted by Gasteiger charge is 2.21. The Morgan fingerprint density at radius 2 is 1.78 bits per heavy atom. The molecule has 1 aromatic heterocycles. The molecule has 1 aliphatic rings. The van der Waals surface area contributed by atoms with E-state index in [-0.39, 0.29) is 5.91 Å². The van der Waals surface area contributed by atoms with Crippen molar-refractivity contribution < 1.29 is 4.79 Å². The first-order valence-corrected chi connectivity index (χ1v) is 9.48. The van der Waals surface area contributed by atoms with Crippen LogP contribution in [0.5, 0.6) is 0 Å². The number of rotatable bonds is 4. The molecule has 5 heteroatoms. The molecule has 3 aromatic rings. The Bertz CT molecular complexity index is 940. The van der Waals surface area contributed by atoms with Crippen molar-refractivity contribution >= 4 is 22.5 Å². The molecule has 0 saturated carbocycles. The van der Waals surface area contributed by atoms with Gasteiger partial charge in [-0.2, -0.15) is 0 Å². The zero-order valence-electron chi connectivity index (χ0n) is 16.0. The van der Waals surface area contributed by atoms with Gasteiger partial charge in [-0.3, -0.25) is 4.79 Å². The zero-order valence-corrected chi connectivity index (χ0v) is 16.0. The zero-order chi connectivity index (χ0) is 18.8. The van der Waals surface area contributed by atoms with E-state index in [4.69, 9.17) is 0 Å². The van der Waals surface area contributed by atoms with Crippen molar-refractivity contribution in [3.8, 4) is 0 Å². The van der Waals surface area contributed by atoms with E-state index in [1.54, 1.807) is 4.90 Å². The van der Waals surface area contributed by atoms with Crippen LogP contribution in [0.2, 0.25) is 0 Å². The number of hydrogen-bond acceptors (Lipinski definition) is 3. The van der Waals surface area contributed by atoms with Crippen LogP contribution in [0.15, 0.2) is 54.6 Å². The number of carbonyl (C=O) groups is 1. The first kappa shape index (κ1) is 17.6. The van der Waals surface area contributed by atoms with Gasteiger partial charge in [-0.25, -0.2) is 0 Å². The normalized spacial score (nSPS) is 14.5. The number of carbonyl (C=O) groups excluding carboxylic acids is 1. The van der Waals surface area contributed by atoms with Crippen LogP contribution in [0.3, 0.4) is 0 Å². The summed E-state index contributed by atoms with van der Waals surface area (Å²) in [7, 11) is 3.62. The second-order valence-electron chi connectivity index (χ2n) is 7.25. The number of hydrogen-bond donors (Lipinski definition) is 1. The quantitative estimate of drug-likeness (QED) is 0.776. The average Bonchev–Trinajstić information content (AvgIpc) is 3.07. The van der Waals surface area contributed by atoms with Gasteiger partial charge in [0.15, 0.2) is 0 Å². The molecular formula is C22H26N4O. The molecule has 1 saturated heterocycles. The standard InChI is InChI=1S/C22H26N4O/c1-24(2)22(27)21-15-18-19(25-13-11-23-12-14-25)9-6-10-20(18)26(21)16-17-7-4-3-5-8-17/h3-10,15,23H,11-14,16H2,1-2H3. The van der Waals surface area contributed by atoms with Gasteiger partial charge >= 0.3 is 0 Å². The monoisotopic (exact) mass is 362 g/mol. The summed E-state index contributed by atoms with van der Waals surface area (Å²) in [5.41, 5.74) is 4.26. The third-order valence-corrected chi connectivity index (χ3v) is 5.19. The summed E-state index contributed by atoms with van der Waals surface area (Å²) in [6, 6.07) is 18.8. The Balaban J connectivity index is 1.85. The van der Waals surface area contributed by atoms with Gasteiger partial charge in [0, 0.05) is 57.9 Å². The van der Waals surface area contributed by atoms with E-state index in [1.165, 1.54) is 11.3 Å². The number of anilines is 1. The van der Waals surface area contributed by atoms with Crippen LogP contribution >= 0.6 is 0 Å². The fraction of sp³-hybridized carbons (Fsp3) is 0.318. The smallest absolute Gasteiger partial charge is 0.270 e. The van der Waals surface area contributed by atoms with Crippen molar-refractivity contribution in [2.45, 2.75) is 6.54 Å². The lowest BCUT2D eigenvalue weighted by Gasteiger charge is -2.30. The van der Waals surface area contributed by atoms with Gasteiger partial charge in [0.1, 0.15) is 5.69 Å². The van der Waals surface area contributed by atoms with Gasteiger partial charge < -0.3 is 19.7 Å². The van der Waals surface area contributed by atoms with Crippen molar-refractivity contribution in [1.82, 2.24) is 14.8 Å². The third-order valence-electron chi connectivity index (χ3n) is 5.19. The molecule has 1 aliphatic heterocycles. The molecule has 1 N–H and O–H groups in total. The van der Waals surface area contributed by atoms with Crippen LogP contribution in [0.1, 0.15) is 16.1 Å². The summed E-state index contributed by atoms with van der Waals surface area (Å²) in [4.78, 5) is 17.0. The molecular weight excluding hydrogens is 336 g/mol.